The van der Waals surface area contributed by atoms with E-state index < -0.39 is 0 Å². The van der Waals surface area contributed by atoms with Crippen LogP contribution in [0.4, 0.5) is 0 Å². The van der Waals surface area contributed by atoms with Crippen LogP contribution in [0.25, 0.3) is 11.1 Å². The molecule has 2 saturated heterocycles. The molecule has 1 amide bonds. The first-order chi connectivity index (χ1) is 16.6. The van der Waals surface area contributed by atoms with Crippen LogP contribution in [-0.2, 0) is 6.54 Å². The van der Waals surface area contributed by atoms with Gasteiger partial charge in [-0.1, -0.05) is 36.4 Å². The zero-order valence-electron chi connectivity index (χ0n) is 19.9. The Morgan fingerprint density at radius 1 is 0.912 bits per heavy atom. The van der Waals surface area contributed by atoms with Gasteiger partial charge in [0.25, 0.3) is 5.91 Å². The second-order valence-electron chi connectivity index (χ2n) is 9.40. The van der Waals surface area contributed by atoms with Crippen LogP contribution < -0.4 is 14.8 Å². The smallest absolute Gasteiger partial charge is 0.251 e. The second kappa shape index (κ2) is 9.90. The monoisotopic (exact) mass is 456 g/mol. The van der Waals surface area contributed by atoms with Crippen LogP contribution in [0.3, 0.4) is 0 Å². The predicted molar refractivity (Wildman–Crippen MR) is 134 cm³/mol. The van der Waals surface area contributed by atoms with Gasteiger partial charge in [-0.2, -0.15) is 0 Å². The molecule has 2 fully saturated rings. The van der Waals surface area contributed by atoms with Crippen molar-refractivity contribution in [2.24, 2.45) is 0 Å². The largest absolute Gasteiger partial charge is 0.497 e. The van der Waals surface area contributed by atoms with Crippen LogP contribution in [0.15, 0.2) is 72.8 Å². The number of hydrogen-bond donors (Lipinski definition) is 1. The van der Waals surface area contributed by atoms with Gasteiger partial charge < -0.3 is 19.7 Å². The minimum absolute atomic E-state index is 0.0838. The van der Waals surface area contributed by atoms with Gasteiger partial charge in [0.05, 0.1) is 7.11 Å². The van der Waals surface area contributed by atoms with Crippen molar-refractivity contribution in [1.29, 1.82) is 0 Å². The van der Waals surface area contributed by atoms with Crippen molar-refractivity contribution >= 4 is 5.91 Å². The summed E-state index contributed by atoms with van der Waals surface area (Å²) in [5, 5.41) is 3.03. The highest BCUT2D eigenvalue weighted by Gasteiger charge is 2.39. The Morgan fingerprint density at radius 3 is 2.21 bits per heavy atom. The molecule has 0 radical (unpaired) electrons. The number of hydrogen-bond acceptors (Lipinski definition) is 4. The van der Waals surface area contributed by atoms with Crippen molar-refractivity contribution in [2.75, 3.05) is 14.2 Å². The summed E-state index contributed by atoms with van der Waals surface area (Å²) in [4.78, 5) is 15.2. The van der Waals surface area contributed by atoms with E-state index in [9.17, 15) is 4.79 Å². The van der Waals surface area contributed by atoms with Gasteiger partial charge in [0.1, 0.15) is 17.6 Å². The molecule has 5 heteroatoms. The zero-order chi connectivity index (χ0) is 23.5. The first-order valence-corrected chi connectivity index (χ1v) is 12.1. The molecule has 2 aliphatic rings. The molecule has 3 aromatic carbocycles. The van der Waals surface area contributed by atoms with Gasteiger partial charge in [-0.05, 0) is 85.8 Å². The van der Waals surface area contributed by atoms with Crippen LogP contribution in [0.1, 0.15) is 41.6 Å². The Hall–Kier alpha value is -3.31. The summed E-state index contributed by atoms with van der Waals surface area (Å²) in [5.41, 5.74) is 3.83. The van der Waals surface area contributed by atoms with Gasteiger partial charge in [0, 0.05) is 24.2 Å². The van der Waals surface area contributed by atoms with Crippen LogP contribution in [0.5, 0.6) is 11.5 Å². The number of fused-ring (bicyclic) bond motifs is 2. The third kappa shape index (κ3) is 4.95. The van der Waals surface area contributed by atoms with Crippen molar-refractivity contribution in [2.45, 2.75) is 50.4 Å². The average Bonchev–Trinajstić information content (AvgIpc) is 3.07. The molecule has 34 heavy (non-hydrogen) atoms. The Labute approximate surface area is 201 Å². The summed E-state index contributed by atoms with van der Waals surface area (Å²) in [7, 11) is 3.90. The maximum Gasteiger partial charge on any atom is 0.251 e. The molecule has 5 nitrogen and oxygen atoms in total. The van der Waals surface area contributed by atoms with Crippen LogP contribution in [0.2, 0.25) is 0 Å². The molecule has 0 aliphatic carbocycles. The summed E-state index contributed by atoms with van der Waals surface area (Å²) >= 11 is 0. The molecule has 1 N–H and O–H groups in total. The number of ether oxygens (including phenoxy) is 2. The number of methoxy groups -OCH3 is 1. The highest BCUT2D eigenvalue weighted by atomic mass is 16.5. The van der Waals surface area contributed by atoms with Gasteiger partial charge in [0.2, 0.25) is 0 Å². The lowest BCUT2D eigenvalue weighted by Crippen LogP contribution is -2.43. The Bertz CT molecular complexity index is 1110. The van der Waals surface area contributed by atoms with Crippen LogP contribution in [0, 0.1) is 0 Å². The lowest BCUT2D eigenvalue weighted by Gasteiger charge is -2.36. The topological polar surface area (TPSA) is 50.8 Å². The summed E-state index contributed by atoms with van der Waals surface area (Å²) in [5.74, 6) is 1.64. The maximum absolute atomic E-state index is 12.7. The highest BCUT2D eigenvalue weighted by molar-refractivity contribution is 5.94. The van der Waals surface area contributed by atoms with E-state index in [1.165, 1.54) is 12.8 Å². The van der Waals surface area contributed by atoms with E-state index in [-0.39, 0.29) is 12.0 Å². The average molecular weight is 457 g/mol. The quantitative estimate of drug-likeness (QED) is 0.524. The normalized spacial score (nSPS) is 21.8. The van der Waals surface area contributed by atoms with Crippen LogP contribution >= 0.6 is 0 Å². The number of carbonyl (C=O) groups excluding carboxylic acids is 1. The first-order valence-electron chi connectivity index (χ1n) is 12.1. The van der Waals surface area contributed by atoms with E-state index in [1.54, 1.807) is 7.11 Å². The molecule has 2 bridgehead atoms. The van der Waals surface area contributed by atoms with Gasteiger partial charge in [-0.15, -0.1) is 0 Å². The number of nitrogens with zero attached hydrogens (tertiary/aromatic N) is 1. The number of carbonyl (C=O) groups is 1. The van der Waals surface area contributed by atoms with Crippen molar-refractivity contribution in [1.82, 2.24) is 10.2 Å². The van der Waals surface area contributed by atoms with Gasteiger partial charge in [0.15, 0.2) is 0 Å². The molecule has 5 rings (SSSR count). The minimum atomic E-state index is -0.0838. The van der Waals surface area contributed by atoms with Gasteiger partial charge in [-0.3, -0.25) is 4.79 Å². The van der Waals surface area contributed by atoms with E-state index in [0.29, 0.717) is 24.2 Å². The fourth-order valence-electron chi connectivity index (χ4n) is 5.26. The fourth-order valence-corrected chi connectivity index (χ4v) is 5.26. The van der Waals surface area contributed by atoms with Crippen molar-refractivity contribution in [3.63, 3.8) is 0 Å². The second-order valence-corrected chi connectivity index (χ2v) is 9.40. The number of rotatable bonds is 7. The zero-order valence-corrected chi connectivity index (χ0v) is 19.9. The summed E-state index contributed by atoms with van der Waals surface area (Å²) in [6, 6.07) is 25.0. The fraction of sp³-hybridized carbons (Fsp3) is 0.345. The Balaban J connectivity index is 1.16. The standard InChI is InChI=1S/C29H32N2O3/c1-31-24-12-13-25(31)18-28(17-24)34-27-5-3-4-20(16-27)19-30-29(32)23-8-6-21(7-9-23)22-10-14-26(33-2)15-11-22/h3-11,14-16,24-25,28H,12-13,17-19H2,1-2H3,(H,30,32)/t24-,25?,28?/m0/s1. The molecule has 3 atom stereocenters. The van der Waals surface area contributed by atoms with Crippen molar-refractivity contribution in [3.05, 3.63) is 83.9 Å². The molecule has 3 aromatic rings. The lowest BCUT2D eigenvalue weighted by atomic mass is 10.0. The van der Waals surface area contributed by atoms with E-state index in [4.69, 9.17) is 9.47 Å². The molecule has 0 spiro atoms. The molecule has 2 heterocycles. The van der Waals surface area contributed by atoms with Gasteiger partial charge in [-0.25, -0.2) is 0 Å². The Morgan fingerprint density at radius 2 is 1.56 bits per heavy atom. The SMILES string of the molecule is COc1ccc(-c2ccc(C(=O)NCc3cccc(OC4CC5CC[C@@H](C4)N5C)c3)cc2)cc1. The predicted octanol–water partition coefficient (Wildman–Crippen LogP) is 5.30. The van der Waals surface area contributed by atoms with E-state index >= 15 is 0 Å². The minimum Gasteiger partial charge on any atom is -0.497 e. The number of benzene rings is 3. The Kier molecular flexibility index (Phi) is 6.54. The summed E-state index contributed by atoms with van der Waals surface area (Å²) < 4.78 is 11.6. The molecule has 2 unspecified atom stereocenters. The molecule has 2 aliphatic heterocycles. The maximum atomic E-state index is 12.7. The van der Waals surface area contributed by atoms with E-state index in [0.717, 1.165) is 41.0 Å². The summed E-state index contributed by atoms with van der Waals surface area (Å²) in [6.07, 6.45) is 5.05. The van der Waals surface area contributed by atoms with E-state index in [1.807, 2.05) is 72.8 Å². The van der Waals surface area contributed by atoms with Crippen molar-refractivity contribution in [3.8, 4) is 22.6 Å². The van der Waals surface area contributed by atoms with Gasteiger partial charge >= 0.3 is 0 Å². The molecule has 0 aromatic heterocycles. The molecular formula is C29H32N2O3. The van der Waals surface area contributed by atoms with E-state index in [2.05, 4.69) is 17.3 Å². The lowest BCUT2D eigenvalue weighted by molar-refractivity contribution is 0.0661. The first kappa shape index (κ1) is 22.5. The number of amides is 1. The summed E-state index contributed by atoms with van der Waals surface area (Å²) in [6.45, 7) is 0.467. The van der Waals surface area contributed by atoms with Crippen molar-refractivity contribution < 1.29 is 14.3 Å². The highest BCUT2D eigenvalue weighted by Crippen LogP contribution is 2.36. The number of piperidine rings is 1. The third-order valence-corrected chi connectivity index (χ3v) is 7.28. The third-order valence-electron chi connectivity index (χ3n) is 7.28. The molecule has 176 valence electrons. The number of nitrogens with one attached hydrogen (secondary N) is 1. The molecular weight excluding hydrogens is 424 g/mol. The van der Waals surface area contributed by atoms with Crippen LogP contribution in [-0.4, -0.2) is 43.2 Å². The molecule has 0 saturated carbocycles.